The molecule has 0 spiro atoms. The van der Waals surface area contributed by atoms with E-state index in [1.54, 1.807) is 12.3 Å². The third-order valence-electron chi connectivity index (χ3n) is 3.50. The molecular formula is C15H19Cl2N5O. The molecule has 1 fully saturated rings. The van der Waals surface area contributed by atoms with Gasteiger partial charge < -0.3 is 10.6 Å². The van der Waals surface area contributed by atoms with Gasteiger partial charge in [-0.1, -0.05) is 6.07 Å². The fraction of sp³-hybridized carbons (Fsp3) is 0.333. The highest BCUT2D eigenvalue weighted by molar-refractivity contribution is 5.91. The van der Waals surface area contributed by atoms with Crippen molar-refractivity contribution in [2.24, 2.45) is 0 Å². The lowest BCUT2D eigenvalue weighted by Crippen LogP contribution is -2.17. The van der Waals surface area contributed by atoms with E-state index >= 15 is 0 Å². The first-order chi connectivity index (χ1) is 10.3. The molecule has 1 aliphatic heterocycles. The molecule has 1 saturated heterocycles. The molecule has 23 heavy (non-hydrogen) atoms. The minimum atomic E-state index is -0.140. The molecule has 2 N–H and O–H groups in total. The van der Waals surface area contributed by atoms with Crippen molar-refractivity contribution in [3.63, 3.8) is 0 Å². The van der Waals surface area contributed by atoms with Crippen molar-refractivity contribution in [1.29, 1.82) is 0 Å². The van der Waals surface area contributed by atoms with Gasteiger partial charge in [-0.2, -0.15) is 5.10 Å². The fourth-order valence-corrected chi connectivity index (χ4v) is 2.39. The second kappa shape index (κ2) is 9.39. The maximum absolute atomic E-state index is 11.9. The Morgan fingerprint density at radius 1 is 1.22 bits per heavy atom. The second-order valence-corrected chi connectivity index (χ2v) is 5.08. The molecule has 2 aromatic heterocycles. The minimum Gasteiger partial charge on any atom is -0.316 e. The number of carbonyl (C=O) groups is 1. The summed E-state index contributed by atoms with van der Waals surface area (Å²) in [4.78, 5) is 16.0. The summed E-state index contributed by atoms with van der Waals surface area (Å²) < 4.78 is 0. The Hall–Kier alpha value is -1.76. The standard InChI is InChI=1S/C15H17N5O.2ClH/c21-15(9-12-3-1-2-7-17-12)18-14-5-4-13(19-20-14)11-6-8-16-10-11;;/h1-5,7,11,16H,6,8-10H2,(H,18,20,21);2*1H. The summed E-state index contributed by atoms with van der Waals surface area (Å²) in [5.74, 6) is 0.764. The third-order valence-corrected chi connectivity index (χ3v) is 3.50. The van der Waals surface area contributed by atoms with E-state index in [1.165, 1.54) is 0 Å². The number of carbonyl (C=O) groups excluding carboxylic acids is 1. The van der Waals surface area contributed by atoms with Crippen LogP contribution in [-0.2, 0) is 11.2 Å². The molecule has 0 saturated carbocycles. The van der Waals surface area contributed by atoms with Crippen molar-refractivity contribution in [3.8, 4) is 0 Å². The molecule has 2 aromatic rings. The first kappa shape index (κ1) is 19.3. The van der Waals surface area contributed by atoms with Gasteiger partial charge in [0.05, 0.1) is 12.1 Å². The Morgan fingerprint density at radius 2 is 2.09 bits per heavy atom. The molecule has 0 aromatic carbocycles. The first-order valence-corrected chi connectivity index (χ1v) is 7.05. The van der Waals surface area contributed by atoms with E-state index in [0.29, 0.717) is 11.7 Å². The molecular weight excluding hydrogens is 337 g/mol. The predicted octanol–water partition coefficient (Wildman–Crippen LogP) is 1.97. The van der Waals surface area contributed by atoms with E-state index in [9.17, 15) is 4.79 Å². The molecule has 1 atom stereocenters. The van der Waals surface area contributed by atoms with Gasteiger partial charge in [0.15, 0.2) is 5.82 Å². The van der Waals surface area contributed by atoms with Crippen molar-refractivity contribution < 1.29 is 4.79 Å². The average Bonchev–Trinajstić information content (AvgIpc) is 3.03. The zero-order chi connectivity index (χ0) is 14.5. The number of hydrogen-bond donors (Lipinski definition) is 2. The van der Waals surface area contributed by atoms with E-state index in [0.717, 1.165) is 30.9 Å². The molecule has 8 heteroatoms. The topological polar surface area (TPSA) is 79.8 Å². The van der Waals surface area contributed by atoms with Crippen LogP contribution in [0.3, 0.4) is 0 Å². The van der Waals surface area contributed by atoms with Crippen LogP contribution in [0.15, 0.2) is 36.5 Å². The predicted molar refractivity (Wildman–Crippen MR) is 93.3 cm³/mol. The summed E-state index contributed by atoms with van der Waals surface area (Å²) in [5.41, 5.74) is 1.71. The fourth-order valence-electron chi connectivity index (χ4n) is 2.39. The number of amides is 1. The van der Waals surface area contributed by atoms with Crippen molar-refractivity contribution in [2.45, 2.75) is 18.8 Å². The van der Waals surface area contributed by atoms with Gasteiger partial charge in [0.25, 0.3) is 0 Å². The van der Waals surface area contributed by atoms with Gasteiger partial charge >= 0.3 is 0 Å². The van der Waals surface area contributed by atoms with Crippen LogP contribution in [0.1, 0.15) is 23.7 Å². The summed E-state index contributed by atoms with van der Waals surface area (Å²) in [6.07, 6.45) is 2.99. The van der Waals surface area contributed by atoms with Gasteiger partial charge in [-0.25, -0.2) is 0 Å². The maximum Gasteiger partial charge on any atom is 0.231 e. The molecule has 3 heterocycles. The van der Waals surface area contributed by atoms with Crippen LogP contribution in [-0.4, -0.2) is 34.2 Å². The van der Waals surface area contributed by atoms with Crippen LogP contribution in [0.4, 0.5) is 5.82 Å². The largest absolute Gasteiger partial charge is 0.316 e. The average molecular weight is 356 g/mol. The van der Waals surface area contributed by atoms with Crippen molar-refractivity contribution in [3.05, 3.63) is 47.9 Å². The third kappa shape index (κ3) is 5.42. The van der Waals surface area contributed by atoms with E-state index in [1.807, 2.05) is 24.3 Å². The lowest BCUT2D eigenvalue weighted by Gasteiger charge is -2.08. The highest BCUT2D eigenvalue weighted by atomic mass is 35.5. The summed E-state index contributed by atoms with van der Waals surface area (Å²) in [6, 6.07) is 9.24. The number of anilines is 1. The molecule has 0 bridgehead atoms. The molecule has 1 amide bonds. The van der Waals surface area contributed by atoms with Crippen LogP contribution in [0.2, 0.25) is 0 Å². The summed E-state index contributed by atoms with van der Waals surface area (Å²) in [6.45, 7) is 1.97. The Kier molecular flexibility index (Phi) is 7.88. The lowest BCUT2D eigenvalue weighted by molar-refractivity contribution is -0.115. The number of nitrogens with one attached hydrogen (secondary N) is 2. The van der Waals surface area contributed by atoms with Gasteiger partial charge in [-0.15, -0.1) is 29.9 Å². The van der Waals surface area contributed by atoms with Crippen molar-refractivity contribution >= 4 is 36.5 Å². The molecule has 124 valence electrons. The van der Waals surface area contributed by atoms with E-state index in [4.69, 9.17) is 0 Å². The van der Waals surface area contributed by atoms with E-state index < -0.39 is 0 Å². The Labute approximate surface area is 147 Å². The van der Waals surface area contributed by atoms with Crippen LogP contribution in [0.25, 0.3) is 0 Å². The molecule has 1 aliphatic rings. The van der Waals surface area contributed by atoms with Gasteiger partial charge in [-0.3, -0.25) is 9.78 Å². The van der Waals surface area contributed by atoms with Crippen LogP contribution in [0, 0.1) is 0 Å². The SMILES string of the molecule is Cl.Cl.O=C(Cc1ccccn1)Nc1ccc(C2CCNC2)nn1. The van der Waals surface area contributed by atoms with Crippen LogP contribution >= 0.6 is 24.8 Å². The molecule has 3 rings (SSSR count). The van der Waals surface area contributed by atoms with Gasteiger partial charge in [-0.05, 0) is 37.2 Å². The zero-order valence-corrected chi connectivity index (χ0v) is 14.1. The van der Waals surface area contributed by atoms with Crippen LogP contribution in [0.5, 0.6) is 0 Å². The minimum absolute atomic E-state index is 0. The van der Waals surface area contributed by atoms with E-state index in [-0.39, 0.29) is 37.1 Å². The molecule has 0 radical (unpaired) electrons. The van der Waals surface area contributed by atoms with Crippen molar-refractivity contribution in [2.75, 3.05) is 18.4 Å². The van der Waals surface area contributed by atoms with Gasteiger partial charge in [0.2, 0.25) is 5.91 Å². The summed E-state index contributed by atoms with van der Waals surface area (Å²) in [7, 11) is 0. The molecule has 6 nitrogen and oxygen atoms in total. The number of halogens is 2. The summed E-state index contributed by atoms with van der Waals surface area (Å²) >= 11 is 0. The number of nitrogens with zero attached hydrogens (tertiary/aromatic N) is 3. The highest BCUT2D eigenvalue weighted by Crippen LogP contribution is 2.20. The highest BCUT2D eigenvalue weighted by Gasteiger charge is 2.18. The second-order valence-electron chi connectivity index (χ2n) is 5.08. The van der Waals surface area contributed by atoms with E-state index in [2.05, 4.69) is 25.8 Å². The van der Waals surface area contributed by atoms with Gasteiger partial charge in [0, 0.05) is 24.4 Å². The monoisotopic (exact) mass is 355 g/mol. The van der Waals surface area contributed by atoms with Crippen molar-refractivity contribution in [1.82, 2.24) is 20.5 Å². The number of aromatic nitrogens is 3. The van der Waals surface area contributed by atoms with Crippen LogP contribution < -0.4 is 10.6 Å². The smallest absolute Gasteiger partial charge is 0.231 e. The number of rotatable bonds is 4. The summed E-state index contributed by atoms with van der Waals surface area (Å²) in [5, 5.41) is 14.3. The number of pyridine rings is 1. The van der Waals surface area contributed by atoms with Gasteiger partial charge in [0.1, 0.15) is 0 Å². The quantitative estimate of drug-likeness (QED) is 0.876. The number of hydrogen-bond acceptors (Lipinski definition) is 5. The first-order valence-electron chi connectivity index (χ1n) is 7.05. The Balaban J connectivity index is 0.00000132. The normalized spacial score (nSPS) is 16.1. The lowest BCUT2D eigenvalue weighted by atomic mass is 10.1. The maximum atomic E-state index is 11.9. The Morgan fingerprint density at radius 3 is 2.70 bits per heavy atom. The zero-order valence-electron chi connectivity index (χ0n) is 12.4. The molecule has 0 aliphatic carbocycles. The molecule has 1 unspecified atom stereocenters. The Bertz CT molecular complexity index is 603.